The van der Waals surface area contributed by atoms with Gasteiger partial charge in [-0.25, -0.2) is 0 Å². The van der Waals surface area contributed by atoms with Gasteiger partial charge in [0.15, 0.2) is 23.0 Å². The molecule has 2 aromatic carbocycles. The van der Waals surface area contributed by atoms with E-state index in [0.717, 1.165) is 55.5 Å². The molecule has 1 aliphatic carbocycles. The van der Waals surface area contributed by atoms with Crippen LogP contribution in [-0.4, -0.2) is 42.4 Å². The molecule has 27 heavy (non-hydrogen) atoms. The Kier molecular flexibility index (Phi) is 4.64. The molecule has 2 aromatic rings. The molecular formula is C22H27NO4. The molecule has 2 N–H and O–H groups in total. The summed E-state index contributed by atoms with van der Waals surface area (Å²) in [6.45, 7) is 4.26. The van der Waals surface area contributed by atoms with Crippen LogP contribution in [0.2, 0.25) is 0 Å². The molecule has 1 aliphatic heterocycles. The lowest BCUT2D eigenvalue weighted by Gasteiger charge is -2.42. The molecule has 5 heteroatoms. The van der Waals surface area contributed by atoms with Crippen LogP contribution >= 0.6 is 0 Å². The molecule has 144 valence electrons. The number of benzene rings is 2. The SMILES string of the molecule is CCCCN1CCc2cc(O)c(OC)c3c2[C@@H]1Cc1cc(O)c(OC)cc1-3. The number of nitrogens with zero attached hydrogens (tertiary/aromatic N) is 1. The topological polar surface area (TPSA) is 62.2 Å². The van der Waals surface area contributed by atoms with Gasteiger partial charge in [0, 0.05) is 18.2 Å². The zero-order valence-electron chi connectivity index (χ0n) is 16.2. The van der Waals surface area contributed by atoms with Crippen molar-refractivity contribution in [1.29, 1.82) is 0 Å². The Morgan fingerprint density at radius 1 is 1.07 bits per heavy atom. The maximum Gasteiger partial charge on any atom is 0.168 e. The van der Waals surface area contributed by atoms with Gasteiger partial charge in [0.2, 0.25) is 0 Å². The largest absolute Gasteiger partial charge is 0.504 e. The number of unbranched alkanes of at least 4 members (excludes halogenated alkanes) is 1. The Morgan fingerprint density at radius 3 is 2.56 bits per heavy atom. The standard InChI is InChI=1S/C22H27NO4/c1-4-5-7-23-8-6-13-10-18(25)22(27-3)21-15-12-19(26-2)17(24)11-14(15)9-16(23)20(13)21/h10-12,16,24-25H,4-9H2,1-3H3/t16-/m0/s1. The van der Waals surface area contributed by atoms with Crippen LogP contribution in [0.5, 0.6) is 23.0 Å². The monoisotopic (exact) mass is 369 g/mol. The predicted octanol–water partition coefficient (Wildman–Crippen LogP) is 4.04. The highest BCUT2D eigenvalue weighted by Crippen LogP contribution is 2.53. The zero-order valence-corrected chi connectivity index (χ0v) is 16.2. The van der Waals surface area contributed by atoms with Crippen LogP contribution in [0.15, 0.2) is 18.2 Å². The van der Waals surface area contributed by atoms with Crippen molar-refractivity contribution in [3.63, 3.8) is 0 Å². The van der Waals surface area contributed by atoms with Crippen molar-refractivity contribution in [2.75, 3.05) is 27.3 Å². The third kappa shape index (κ3) is 2.81. The fraction of sp³-hybridized carbons (Fsp3) is 0.455. The van der Waals surface area contributed by atoms with Crippen molar-refractivity contribution in [3.8, 4) is 34.1 Å². The molecule has 5 nitrogen and oxygen atoms in total. The first-order chi connectivity index (χ1) is 13.1. The number of hydrogen-bond acceptors (Lipinski definition) is 5. The molecule has 0 unspecified atom stereocenters. The molecule has 0 aromatic heterocycles. The molecule has 0 amide bonds. The Morgan fingerprint density at radius 2 is 1.85 bits per heavy atom. The lowest BCUT2D eigenvalue weighted by molar-refractivity contribution is 0.179. The second-order valence-electron chi connectivity index (χ2n) is 7.42. The average molecular weight is 369 g/mol. The molecule has 0 bridgehead atoms. The van der Waals surface area contributed by atoms with E-state index >= 15 is 0 Å². The van der Waals surface area contributed by atoms with Crippen LogP contribution in [0, 0.1) is 0 Å². The van der Waals surface area contributed by atoms with Crippen molar-refractivity contribution in [2.24, 2.45) is 0 Å². The van der Waals surface area contributed by atoms with E-state index < -0.39 is 0 Å². The summed E-state index contributed by atoms with van der Waals surface area (Å²) >= 11 is 0. The Bertz CT molecular complexity index is 877. The van der Waals surface area contributed by atoms with Gasteiger partial charge >= 0.3 is 0 Å². The average Bonchev–Trinajstić information content (AvgIpc) is 2.66. The number of hydrogen-bond donors (Lipinski definition) is 2. The van der Waals surface area contributed by atoms with E-state index in [0.29, 0.717) is 11.5 Å². The first kappa shape index (κ1) is 18.0. The van der Waals surface area contributed by atoms with Gasteiger partial charge in [0.05, 0.1) is 14.2 Å². The predicted molar refractivity (Wildman–Crippen MR) is 105 cm³/mol. The van der Waals surface area contributed by atoms with Crippen LogP contribution in [-0.2, 0) is 12.8 Å². The molecule has 0 spiro atoms. The van der Waals surface area contributed by atoms with E-state index in [1.807, 2.05) is 12.1 Å². The molecule has 0 fully saturated rings. The van der Waals surface area contributed by atoms with Gasteiger partial charge in [-0.1, -0.05) is 13.3 Å². The summed E-state index contributed by atoms with van der Waals surface area (Å²) in [7, 11) is 3.14. The van der Waals surface area contributed by atoms with E-state index in [1.165, 1.54) is 11.1 Å². The summed E-state index contributed by atoms with van der Waals surface area (Å²) in [6, 6.07) is 5.77. The van der Waals surface area contributed by atoms with Crippen molar-refractivity contribution in [1.82, 2.24) is 4.90 Å². The number of rotatable bonds is 5. The molecule has 1 atom stereocenters. The van der Waals surface area contributed by atoms with Gasteiger partial charge in [0.25, 0.3) is 0 Å². The van der Waals surface area contributed by atoms with Crippen molar-refractivity contribution >= 4 is 0 Å². The van der Waals surface area contributed by atoms with Gasteiger partial charge in [-0.2, -0.15) is 0 Å². The zero-order chi connectivity index (χ0) is 19.1. The van der Waals surface area contributed by atoms with Crippen molar-refractivity contribution < 1.29 is 19.7 Å². The Hall–Kier alpha value is -2.40. The summed E-state index contributed by atoms with van der Waals surface area (Å²) in [4.78, 5) is 2.54. The fourth-order valence-corrected chi connectivity index (χ4v) is 4.63. The quantitative estimate of drug-likeness (QED) is 0.833. The smallest absolute Gasteiger partial charge is 0.168 e. The van der Waals surface area contributed by atoms with Crippen LogP contribution in [0.25, 0.3) is 11.1 Å². The summed E-state index contributed by atoms with van der Waals surface area (Å²) in [5.41, 5.74) is 5.43. The first-order valence-corrected chi connectivity index (χ1v) is 9.66. The van der Waals surface area contributed by atoms with Gasteiger partial charge < -0.3 is 19.7 Å². The van der Waals surface area contributed by atoms with Gasteiger partial charge in [-0.05, 0) is 66.3 Å². The Labute approximate surface area is 160 Å². The summed E-state index contributed by atoms with van der Waals surface area (Å²) in [6.07, 6.45) is 4.09. The molecule has 0 radical (unpaired) electrons. The third-order valence-corrected chi connectivity index (χ3v) is 5.92. The van der Waals surface area contributed by atoms with E-state index in [-0.39, 0.29) is 17.5 Å². The minimum atomic E-state index is 0.148. The number of ether oxygens (including phenoxy) is 2. The number of fused-ring (bicyclic) bond motifs is 2. The van der Waals surface area contributed by atoms with Crippen LogP contribution < -0.4 is 9.47 Å². The second kappa shape index (κ2) is 6.97. The lowest BCUT2D eigenvalue weighted by Crippen LogP contribution is -2.39. The molecule has 1 heterocycles. The van der Waals surface area contributed by atoms with Crippen LogP contribution in [0.4, 0.5) is 0 Å². The molecule has 0 saturated heterocycles. The first-order valence-electron chi connectivity index (χ1n) is 9.66. The van der Waals surface area contributed by atoms with Crippen LogP contribution in [0.3, 0.4) is 0 Å². The molecule has 0 saturated carbocycles. The molecule has 4 rings (SSSR count). The maximum absolute atomic E-state index is 10.6. The van der Waals surface area contributed by atoms with Gasteiger partial charge in [0.1, 0.15) is 0 Å². The number of phenols is 2. The van der Waals surface area contributed by atoms with Crippen molar-refractivity contribution in [2.45, 2.75) is 38.6 Å². The van der Waals surface area contributed by atoms with Gasteiger partial charge in [-0.3, -0.25) is 4.90 Å². The highest BCUT2D eigenvalue weighted by molar-refractivity contribution is 5.84. The number of methoxy groups -OCH3 is 2. The highest BCUT2D eigenvalue weighted by Gasteiger charge is 2.37. The fourth-order valence-electron chi connectivity index (χ4n) is 4.63. The van der Waals surface area contributed by atoms with E-state index in [2.05, 4.69) is 11.8 Å². The molecular weight excluding hydrogens is 342 g/mol. The van der Waals surface area contributed by atoms with Gasteiger partial charge in [-0.15, -0.1) is 0 Å². The summed E-state index contributed by atoms with van der Waals surface area (Å²) in [5, 5.41) is 20.9. The minimum Gasteiger partial charge on any atom is -0.504 e. The molecule has 2 aliphatic rings. The highest BCUT2D eigenvalue weighted by atomic mass is 16.5. The summed E-state index contributed by atoms with van der Waals surface area (Å²) in [5.74, 6) is 1.26. The van der Waals surface area contributed by atoms with E-state index in [1.54, 1.807) is 20.3 Å². The maximum atomic E-state index is 10.6. The van der Waals surface area contributed by atoms with Crippen molar-refractivity contribution in [3.05, 3.63) is 34.9 Å². The van der Waals surface area contributed by atoms with Crippen LogP contribution in [0.1, 0.15) is 42.5 Å². The number of phenolic OH excluding ortho intramolecular Hbond substituents is 2. The second-order valence-corrected chi connectivity index (χ2v) is 7.42. The van der Waals surface area contributed by atoms with E-state index in [4.69, 9.17) is 9.47 Å². The Balaban J connectivity index is 1.96. The van der Waals surface area contributed by atoms with E-state index in [9.17, 15) is 10.2 Å². The minimum absolute atomic E-state index is 0.148. The number of aromatic hydroxyl groups is 2. The normalized spacial score (nSPS) is 18.0. The third-order valence-electron chi connectivity index (χ3n) is 5.92. The lowest BCUT2D eigenvalue weighted by atomic mass is 9.76. The summed E-state index contributed by atoms with van der Waals surface area (Å²) < 4.78 is 11.0.